The lowest BCUT2D eigenvalue weighted by molar-refractivity contribution is 0.0226. The van der Waals surface area contributed by atoms with Crippen LogP contribution in [-0.4, -0.2) is 61.8 Å². The van der Waals surface area contributed by atoms with Gasteiger partial charge in [0.15, 0.2) is 0 Å². The van der Waals surface area contributed by atoms with Crippen LogP contribution in [0.3, 0.4) is 0 Å². The van der Waals surface area contributed by atoms with Crippen LogP contribution in [0.1, 0.15) is 37.3 Å². The summed E-state index contributed by atoms with van der Waals surface area (Å²) in [5, 5.41) is 12.8. The van der Waals surface area contributed by atoms with Gasteiger partial charge in [0.25, 0.3) is 0 Å². The first-order valence-corrected chi connectivity index (χ1v) is 8.78. The van der Waals surface area contributed by atoms with Crippen LogP contribution in [-0.2, 0) is 0 Å². The summed E-state index contributed by atoms with van der Waals surface area (Å²) < 4.78 is 0. The number of amides is 2. The molecule has 2 rings (SSSR count). The van der Waals surface area contributed by atoms with Crippen molar-refractivity contribution in [3.8, 4) is 0 Å². The summed E-state index contributed by atoms with van der Waals surface area (Å²) >= 11 is 0. The minimum atomic E-state index is -0.0853. The molecule has 1 saturated carbocycles. The Morgan fingerprint density at radius 1 is 1.25 bits per heavy atom. The number of carbonyl (C=O) groups is 1. The van der Waals surface area contributed by atoms with Crippen LogP contribution in [0.15, 0.2) is 30.3 Å². The highest BCUT2D eigenvalue weighted by Crippen LogP contribution is 2.40. The molecule has 2 amide bonds. The molecule has 5 nitrogen and oxygen atoms in total. The number of aliphatic hydroxyl groups is 1. The molecule has 1 aliphatic carbocycles. The summed E-state index contributed by atoms with van der Waals surface area (Å²) in [4.78, 5) is 16.5. The van der Waals surface area contributed by atoms with Gasteiger partial charge in [0.05, 0.1) is 12.6 Å². The topological polar surface area (TPSA) is 55.8 Å². The Hall–Kier alpha value is -1.59. The molecule has 0 spiro atoms. The third-order valence-corrected chi connectivity index (χ3v) is 5.03. The van der Waals surface area contributed by atoms with Crippen LogP contribution in [0, 0.1) is 5.41 Å². The molecule has 0 radical (unpaired) electrons. The molecule has 1 aliphatic rings. The minimum absolute atomic E-state index is 0.00461. The molecule has 1 atom stereocenters. The van der Waals surface area contributed by atoms with E-state index < -0.39 is 0 Å². The van der Waals surface area contributed by atoms with Crippen LogP contribution < -0.4 is 5.32 Å². The lowest BCUT2D eigenvalue weighted by atomic mass is 9.69. The average Bonchev–Trinajstić information content (AvgIpc) is 2.55. The maximum absolute atomic E-state index is 12.6. The van der Waals surface area contributed by atoms with Gasteiger partial charge in [-0.3, -0.25) is 0 Å². The maximum atomic E-state index is 12.6. The largest absolute Gasteiger partial charge is 0.396 e. The zero-order valence-corrected chi connectivity index (χ0v) is 15.2. The first-order valence-electron chi connectivity index (χ1n) is 8.78. The summed E-state index contributed by atoms with van der Waals surface area (Å²) in [6, 6.07) is 10.0. The molecule has 0 saturated heterocycles. The lowest BCUT2D eigenvalue weighted by Gasteiger charge is -2.43. The monoisotopic (exact) mass is 333 g/mol. The number of nitrogens with zero attached hydrogens (tertiary/aromatic N) is 2. The number of rotatable bonds is 8. The summed E-state index contributed by atoms with van der Waals surface area (Å²) in [6.45, 7) is 1.68. The van der Waals surface area contributed by atoms with Crippen molar-refractivity contribution < 1.29 is 9.90 Å². The second-order valence-corrected chi connectivity index (χ2v) is 7.37. The van der Waals surface area contributed by atoms with Crippen molar-refractivity contribution in [1.82, 2.24) is 15.1 Å². The molecule has 134 valence electrons. The Morgan fingerprint density at radius 3 is 2.42 bits per heavy atom. The zero-order chi connectivity index (χ0) is 17.6. The van der Waals surface area contributed by atoms with Gasteiger partial charge >= 0.3 is 6.03 Å². The molecular weight excluding hydrogens is 302 g/mol. The molecule has 5 heteroatoms. The second-order valence-electron chi connectivity index (χ2n) is 7.37. The molecule has 0 heterocycles. The SMILES string of the molecule is CN(C)CCC(NC(=O)N(C)CC1(CO)CCC1)c1ccccc1. The van der Waals surface area contributed by atoms with Crippen molar-refractivity contribution in [1.29, 1.82) is 0 Å². The van der Waals surface area contributed by atoms with E-state index in [0.29, 0.717) is 6.54 Å². The van der Waals surface area contributed by atoms with Gasteiger partial charge in [-0.2, -0.15) is 0 Å². The minimum Gasteiger partial charge on any atom is -0.396 e. The highest BCUT2D eigenvalue weighted by atomic mass is 16.3. The first kappa shape index (κ1) is 18.7. The Morgan fingerprint density at radius 2 is 1.92 bits per heavy atom. The third-order valence-electron chi connectivity index (χ3n) is 5.03. The van der Waals surface area contributed by atoms with Crippen molar-refractivity contribution in [2.75, 3.05) is 40.8 Å². The van der Waals surface area contributed by atoms with Crippen molar-refractivity contribution in [3.63, 3.8) is 0 Å². The highest BCUT2D eigenvalue weighted by molar-refractivity contribution is 5.74. The lowest BCUT2D eigenvalue weighted by Crippen LogP contribution is -2.49. The first-order chi connectivity index (χ1) is 11.5. The summed E-state index contributed by atoms with van der Waals surface area (Å²) in [6.07, 6.45) is 4.01. The molecular formula is C19H31N3O2. The Kier molecular flexibility index (Phi) is 6.63. The van der Waals surface area contributed by atoms with Crippen LogP contribution in [0.5, 0.6) is 0 Å². The summed E-state index contributed by atoms with van der Waals surface area (Å²) in [5.74, 6) is 0. The van der Waals surface area contributed by atoms with E-state index in [1.54, 1.807) is 4.90 Å². The number of benzene rings is 1. The Balaban J connectivity index is 1.98. The summed E-state index contributed by atoms with van der Waals surface area (Å²) in [7, 11) is 5.90. The van der Waals surface area contributed by atoms with E-state index in [1.165, 1.54) is 0 Å². The van der Waals surface area contributed by atoms with Crippen molar-refractivity contribution in [2.24, 2.45) is 5.41 Å². The maximum Gasteiger partial charge on any atom is 0.317 e. The predicted molar refractivity (Wildman–Crippen MR) is 96.9 cm³/mol. The summed E-state index contributed by atoms with van der Waals surface area (Å²) in [5.41, 5.74) is 1.04. The molecule has 0 aliphatic heterocycles. The quantitative estimate of drug-likeness (QED) is 0.768. The molecule has 1 unspecified atom stereocenters. The van der Waals surface area contributed by atoms with E-state index in [9.17, 15) is 9.90 Å². The number of hydrogen-bond acceptors (Lipinski definition) is 3. The van der Waals surface area contributed by atoms with Crippen LogP contribution in [0.2, 0.25) is 0 Å². The molecule has 2 N–H and O–H groups in total. The number of aliphatic hydroxyl groups excluding tert-OH is 1. The average molecular weight is 333 g/mol. The van der Waals surface area contributed by atoms with Crippen LogP contribution >= 0.6 is 0 Å². The van der Waals surface area contributed by atoms with E-state index in [0.717, 1.165) is 37.8 Å². The van der Waals surface area contributed by atoms with Crippen LogP contribution in [0.4, 0.5) is 4.79 Å². The molecule has 1 aromatic rings. The molecule has 0 aromatic heterocycles. The van der Waals surface area contributed by atoms with Crippen molar-refractivity contribution in [2.45, 2.75) is 31.7 Å². The van der Waals surface area contributed by atoms with Gasteiger partial charge in [-0.25, -0.2) is 4.79 Å². The number of nitrogens with one attached hydrogen (secondary N) is 1. The van der Waals surface area contributed by atoms with Gasteiger partial charge in [0, 0.05) is 19.0 Å². The number of urea groups is 1. The van der Waals surface area contributed by atoms with Crippen LogP contribution in [0.25, 0.3) is 0 Å². The Bertz CT molecular complexity index is 509. The molecule has 0 bridgehead atoms. The fourth-order valence-corrected chi connectivity index (χ4v) is 3.27. The van der Waals surface area contributed by atoms with Gasteiger partial charge in [0.2, 0.25) is 0 Å². The van der Waals surface area contributed by atoms with E-state index in [4.69, 9.17) is 0 Å². The van der Waals surface area contributed by atoms with E-state index in [2.05, 4.69) is 22.3 Å². The van der Waals surface area contributed by atoms with Gasteiger partial charge in [-0.05, 0) is 45.5 Å². The number of hydrogen-bond donors (Lipinski definition) is 2. The second kappa shape index (κ2) is 8.49. The molecule has 24 heavy (non-hydrogen) atoms. The van der Waals surface area contributed by atoms with Crippen molar-refractivity contribution >= 4 is 6.03 Å². The normalized spacial score (nSPS) is 17.2. The van der Waals surface area contributed by atoms with E-state index in [-0.39, 0.29) is 24.1 Å². The van der Waals surface area contributed by atoms with Gasteiger partial charge in [-0.1, -0.05) is 36.8 Å². The smallest absolute Gasteiger partial charge is 0.317 e. The van der Waals surface area contributed by atoms with E-state index in [1.807, 2.05) is 39.3 Å². The Labute approximate surface area is 145 Å². The molecule has 1 aromatic carbocycles. The van der Waals surface area contributed by atoms with Crippen molar-refractivity contribution in [3.05, 3.63) is 35.9 Å². The predicted octanol–water partition coefficient (Wildman–Crippen LogP) is 2.48. The zero-order valence-electron chi connectivity index (χ0n) is 15.2. The molecule has 1 fully saturated rings. The fourth-order valence-electron chi connectivity index (χ4n) is 3.27. The van der Waals surface area contributed by atoms with Gasteiger partial charge in [0.1, 0.15) is 0 Å². The third kappa shape index (κ3) is 4.95. The standard InChI is InChI=1S/C19H31N3O2/c1-21(2)13-10-17(16-8-5-4-6-9-16)20-18(24)22(3)14-19(15-23)11-7-12-19/h4-6,8-9,17,23H,7,10-15H2,1-3H3,(H,20,24). The highest BCUT2D eigenvalue weighted by Gasteiger charge is 2.38. The van der Waals surface area contributed by atoms with E-state index >= 15 is 0 Å². The number of carbonyl (C=O) groups excluding carboxylic acids is 1. The van der Waals surface area contributed by atoms with Gasteiger partial charge < -0.3 is 20.2 Å². The van der Waals surface area contributed by atoms with Gasteiger partial charge in [-0.15, -0.1) is 0 Å². The fraction of sp³-hybridized carbons (Fsp3) is 0.632.